The highest BCUT2D eigenvalue weighted by atomic mass is 32.1. The summed E-state index contributed by atoms with van der Waals surface area (Å²) in [6, 6.07) is 8.49. The van der Waals surface area contributed by atoms with E-state index in [1.165, 1.54) is 35.5 Å². The molecule has 0 radical (unpaired) electrons. The number of Topliss-reactive ketones (excluding diaryl/α,β-unsaturated/α-hetero) is 1. The molecule has 1 aromatic carbocycles. The third kappa shape index (κ3) is 3.38. The number of benzene rings is 1. The Hall–Kier alpha value is -2.21. The average Bonchev–Trinajstić information content (AvgIpc) is 3.23. The lowest BCUT2D eigenvalue weighted by molar-refractivity contribution is 0.102. The lowest BCUT2D eigenvalue weighted by atomic mass is 9.80. The number of carbonyl (C=O) groups is 1. The van der Waals surface area contributed by atoms with Gasteiger partial charge in [0.2, 0.25) is 5.13 Å². The molecule has 2 aliphatic rings. The maximum absolute atomic E-state index is 11.9. The summed E-state index contributed by atoms with van der Waals surface area (Å²) in [5.41, 5.74) is 3.29. The molecule has 0 N–H and O–H groups in total. The summed E-state index contributed by atoms with van der Waals surface area (Å²) in [7, 11) is 0. The van der Waals surface area contributed by atoms with Gasteiger partial charge in [-0.05, 0) is 50.8 Å². The summed E-state index contributed by atoms with van der Waals surface area (Å²) in [4.78, 5) is 17.3. The van der Waals surface area contributed by atoms with Crippen LogP contribution in [0.2, 0.25) is 0 Å². The summed E-state index contributed by atoms with van der Waals surface area (Å²) in [5.74, 6) is 1.37. The highest BCUT2D eigenvalue weighted by molar-refractivity contribution is 7.17. The third-order valence-corrected chi connectivity index (χ3v) is 6.59. The normalized spacial score (nSPS) is 21.7. The maximum Gasteiger partial charge on any atom is 0.207 e. The van der Waals surface area contributed by atoms with Crippen molar-refractivity contribution in [2.75, 3.05) is 11.6 Å². The molecule has 142 valence electrons. The Labute approximate surface area is 164 Å². The fourth-order valence-corrected chi connectivity index (χ4v) is 5.08. The summed E-state index contributed by atoms with van der Waals surface area (Å²) >= 11 is 1.45. The van der Waals surface area contributed by atoms with Gasteiger partial charge in [0.25, 0.3) is 0 Å². The molecule has 1 saturated carbocycles. The van der Waals surface area contributed by atoms with Crippen molar-refractivity contribution in [2.45, 2.75) is 52.5 Å². The molecule has 1 fully saturated rings. The Bertz CT molecular complexity index is 872. The standard InChI is InChI=1S/C21H25N3O2S/c1-4-26-16-11-9-15(10-12-16)19-17-7-5-6-8-18(17)23-24(19)21-22-13(2)20(27-21)14(3)25/h9-12,17,19H,4-8H2,1-3H3/t17-,19+/m0/s1. The van der Waals surface area contributed by atoms with Gasteiger partial charge in [-0.25, -0.2) is 9.99 Å². The fourth-order valence-electron chi connectivity index (χ4n) is 4.13. The van der Waals surface area contributed by atoms with Gasteiger partial charge in [-0.15, -0.1) is 0 Å². The van der Waals surface area contributed by atoms with Crippen LogP contribution in [0.4, 0.5) is 5.13 Å². The lowest BCUT2D eigenvalue weighted by Crippen LogP contribution is -2.27. The minimum absolute atomic E-state index is 0.0677. The second-order valence-corrected chi connectivity index (χ2v) is 8.18. The number of aryl methyl sites for hydroxylation is 1. The Balaban J connectivity index is 1.72. The number of ether oxygens (including phenoxy) is 1. The van der Waals surface area contributed by atoms with E-state index in [-0.39, 0.29) is 11.8 Å². The van der Waals surface area contributed by atoms with Crippen LogP contribution in [0, 0.1) is 12.8 Å². The van der Waals surface area contributed by atoms with E-state index in [1.807, 2.05) is 26.0 Å². The van der Waals surface area contributed by atoms with Crippen molar-refractivity contribution in [3.63, 3.8) is 0 Å². The van der Waals surface area contributed by atoms with Crippen LogP contribution in [0.15, 0.2) is 29.4 Å². The van der Waals surface area contributed by atoms with Gasteiger partial charge in [0.05, 0.1) is 23.2 Å². The minimum Gasteiger partial charge on any atom is -0.494 e. The number of fused-ring (bicyclic) bond motifs is 1. The van der Waals surface area contributed by atoms with E-state index in [4.69, 9.17) is 9.84 Å². The number of anilines is 1. The van der Waals surface area contributed by atoms with Gasteiger partial charge in [-0.3, -0.25) is 4.79 Å². The maximum atomic E-state index is 11.9. The predicted molar refractivity (Wildman–Crippen MR) is 109 cm³/mol. The molecule has 1 aliphatic carbocycles. The fraction of sp³-hybridized carbons (Fsp3) is 0.476. The van der Waals surface area contributed by atoms with Crippen molar-refractivity contribution in [2.24, 2.45) is 11.0 Å². The second-order valence-electron chi connectivity index (χ2n) is 7.20. The number of hydrazone groups is 1. The van der Waals surface area contributed by atoms with Crippen molar-refractivity contribution >= 4 is 28.0 Å². The lowest BCUT2D eigenvalue weighted by Gasteiger charge is -2.28. The average molecular weight is 384 g/mol. The van der Waals surface area contributed by atoms with Gasteiger partial charge in [-0.2, -0.15) is 5.10 Å². The first-order valence-electron chi connectivity index (χ1n) is 9.66. The molecule has 2 aromatic rings. The summed E-state index contributed by atoms with van der Waals surface area (Å²) in [6.07, 6.45) is 4.64. The molecular formula is C21H25N3O2S. The van der Waals surface area contributed by atoms with Crippen molar-refractivity contribution in [1.82, 2.24) is 4.98 Å². The summed E-state index contributed by atoms with van der Waals surface area (Å²) < 4.78 is 5.60. The van der Waals surface area contributed by atoms with Gasteiger partial charge in [-0.1, -0.05) is 29.9 Å². The van der Waals surface area contributed by atoms with Crippen LogP contribution in [0.5, 0.6) is 5.75 Å². The largest absolute Gasteiger partial charge is 0.494 e. The second kappa shape index (κ2) is 7.43. The van der Waals surface area contributed by atoms with E-state index in [1.54, 1.807) is 6.92 Å². The molecule has 1 aliphatic heterocycles. The molecule has 0 spiro atoms. The monoisotopic (exact) mass is 383 g/mol. The van der Waals surface area contributed by atoms with Crippen molar-refractivity contribution < 1.29 is 9.53 Å². The number of thiazole rings is 1. The molecular weight excluding hydrogens is 358 g/mol. The van der Waals surface area contributed by atoms with Crippen LogP contribution in [-0.4, -0.2) is 23.1 Å². The molecule has 4 rings (SSSR count). The van der Waals surface area contributed by atoms with Gasteiger partial charge in [0, 0.05) is 18.6 Å². The predicted octanol–water partition coefficient (Wildman–Crippen LogP) is 5.16. The van der Waals surface area contributed by atoms with E-state index in [9.17, 15) is 4.79 Å². The molecule has 0 bridgehead atoms. The molecule has 2 heterocycles. The zero-order valence-corrected chi connectivity index (χ0v) is 16.9. The molecule has 0 saturated heterocycles. The first kappa shape index (κ1) is 18.2. The van der Waals surface area contributed by atoms with Gasteiger partial charge in [0.15, 0.2) is 5.78 Å². The Kier molecular flexibility index (Phi) is 5.00. The molecule has 2 atom stereocenters. The van der Waals surface area contributed by atoms with E-state index >= 15 is 0 Å². The van der Waals surface area contributed by atoms with E-state index < -0.39 is 0 Å². The van der Waals surface area contributed by atoms with E-state index in [0.717, 1.165) is 34.3 Å². The van der Waals surface area contributed by atoms with Gasteiger partial charge >= 0.3 is 0 Å². The van der Waals surface area contributed by atoms with Gasteiger partial charge < -0.3 is 4.74 Å². The number of aromatic nitrogens is 1. The van der Waals surface area contributed by atoms with Crippen LogP contribution in [0.25, 0.3) is 0 Å². The van der Waals surface area contributed by atoms with Crippen LogP contribution >= 0.6 is 11.3 Å². The number of carbonyl (C=O) groups excluding carboxylic acids is 1. The molecule has 27 heavy (non-hydrogen) atoms. The van der Waals surface area contributed by atoms with Crippen molar-refractivity contribution in [3.05, 3.63) is 40.4 Å². The quantitative estimate of drug-likeness (QED) is 0.669. The Morgan fingerprint density at radius 2 is 2.07 bits per heavy atom. The smallest absolute Gasteiger partial charge is 0.207 e. The van der Waals surface area contributed by atoms with Crippen molar-refractivity contribution in [1.29, 1.82) is 0 Å². The topological polar surface area (TPSA) is 54.8 Å². The highest BCUT2D eigenvalue weighted by Gasteiger charge is 2.41. The van der Waals surface area contributed by atoms with Gasteiger partial charge in [0.1, 0.15) is 5.75 Å². The van der Waals surface area contributed by atoms with Crippen LogP contribution < -0.4 is 9.75 Å². The van der Waals surface area contributed by atoms with Crippen LogP contribution in [-0.2, 0) is 0 Å². The molecule has 5 nitrogen and oxygen atoms in total. The van der Waals surface area contributed by atoms with Crippen LogP contribution in [0.3, 0.4) is 0 Å². The van der Waals surface area contributed by atoms with Crippen molar-refractivity contribution in [3.8, 4) is 5.75 Å². The Morgan fingerprint density at radius 3 is 2.74 bits per heavy atom. The third-order valence-electron chi connectivity index (χ3n) is 5.34. The number of hydrogen-bond donors (Lipinski definition) is 0. The number of rotatable bonds is 5. The van der Waals surface area contributed by atoms with Crippen LogP contribution in [0.1, 0.15) is 66.5 Å². The number of hydrogen-bond acceptors (Lipinski definition) is 6. The SMILES string of the molecule is CCOc1ccc([C@@H]2[C@H]3CCCCC3=NN2c2nc(C)c(C(C)=O)s2)cc1. The summed E-state index contributed by atoms with van der Waals surface area (Å²) in [5, 5.41) is 7.84. The zero-order valence-electron chi connectivity index (χ0n) is 16.1. The first-order valence-corrected chi connectivity index (χ1v) is 10.5. The molecule has 0 amide bonds. The molecule has 1 aromatic heterocycles. The number of ketones is 1. The Morgan fingerprint density at radius 1 is 1.30 bits per heavy atom. The zero-order chi connectivity index (χ0) is 19.0. The van der Waals surface area contributed by atoms with E-state index in [2.05, 4.69) is 22.1 Å². The highest BCUT2D eigenvalue weighted by Crippen LogP contribution is 2.45. The minimum atomic E-state index is 0.0677. The van der Waals surface area contributed by atoms with E-state index in [0.29, 0.717) is 12.5 Å². The summed E-state index contributed by atoms with van der Waals surface area (Å²) in [6.45, 7) is 6.16. The number of nitrogens with zero attached hydrogens (tertiary/aromatic N) is 3. The molecule has 0 unspecified atom stereocenters. The first-order chi connectivity index (χ1) is 13.1. The molecule has 6 heteroatoms.